The fraction of sp³-hybridized carbons (Fsp3) is 0.0435. The van der Waals surface area contributed by atoms with Gasteiger partial charge in [0.2, 0.25) is 0 Å². The lowest BCUT2D eigenvalue weighted by atomic mass is 10.1. The molecule has 0 aliphatic heterocycles. The van der Waals surface area contributed by atoms with Crippen LogP contribution in [0.15, 0.2) is 91.0 Å². The van der Waals surface area contributed by atoms with Crippen LogP contribution in [-0.2, 0) is 0 Å². The third-order valence-electron chi connectivity index (χ3n) is 4.39. The van der Waals surface area contributed by atoms with Gasteiger partial charge in [-0.1, -0.05) is 66.7 Å². The minimum Gasteiger partial charge on any atom is -0.308 e. The molecule has 0 fully saturated rings. The van der Waals surface area contributed by atoms with E-state index < -0.39 is 0 Å². The number of carbonyl (C=O) groups excluding carboxylic acids is 1. The Balaban J connectivity index is 1.76. The highest BCUT2D eigenvalue weighted by atomic mass is 16.2. The molecule has 1 heterocycles. The number of nitrogens with one attached hydrogen (secondary N) is 2. The Morgan fingerprint density at radius 3 is 2.00 bits per heavy atom. The summed E-state index contributed by atoms with van der Waals surface area (Å²) in [6.45, 7) is 1.95. The Morgan fingerprint density at radius 1 is 0.786 bits per heavy atom. The van der Waals surface area contributed by atoms with E-state index in [1.54, 1.807) is 4.68 Å². The van der Waals surface area contributed by atoms with Crippen LogP contribution in [0, 0.1) is 6.92 Å². The number of para-hydroxylation sites is 2. The van der Waals surface area contributed by atoms with Crippen molar-refractivity contribution in [3.8, 4) is 16.8 Å². The minimum atomic E-state index is -0.319. The van der Waals surface area contributed by atoms with Gasteiger partial charge in [-0.2, -0.15) is 5.10 Å². The van der Waals surface area contributed by atoms with E-state index >= 15 is 0 Å². The normalized spacial score (nSPS) is 10.5. The van der Waals surface area contributed by atoms with Crippen LogP contribution in [-0.4, -0.2) is 15.8 Å². The molecule has 5 nitrogen and oxygen atoms in total. The Bertz CT molecular complexity index is 1070. The van der Waals surface area contributed by atoms with E-state index in [2.05, 4.69) is 10.6 Å². The lowest BCUT2D eigenvalue weighted by Gasteiger charge is -2.12. The van der Waals surface area contributed by atoms with Crippen LogP contribution in [0.1, 0.15) is 5.69 Å². The Morgan fingerprint density at radius 2 is 1.36 bits per heavy atom. The molecule has 2 N–H and O–H groups in total. The van der Waals surface area contributed by atoms with Crippen LogP contribution in [0.4, 0.5) is 16.3 Å². The number of anilines is 2. The van der Waals surface area contributed by atoms with E-state index in [4.69, 9.17) is 5.10 Å². The zero-order valence-electron chi connectivity index (χ0n) is 15.5. The molecule has 0 aliphatic rings. The van der Waals surface area contributed by atoms with Crippen molar-refractivity contribution in [3.05, 3.63) is 96.7 Å². The summed E-state index contributed by atoms with van der Waals surface area (Å²) in [4.78, 5) is 12.7. The smallest absolute Gasteiger partial charge is 0.308 e. The van der Waals surface area contributed by atoms with Gasteiger partial charge in [0, 0.05) is 11.3 Å². The molecule has 0 radical (unpaired) electrons. The maximum Gasteiger partial charge on any atom is 0.324 e. The Kier molecular flexibility index (Phi) is 4.89. The monoisotopic (exact) mass is 368 g/mol. The molecule has 0 saturated carbocycles. The fourth-order valence-corrected chi connectivity index (χ4v) is 3.14. The molecule has 0 unspecified atom stereocenters. The molecule has 4 aromatic rings. The van der Waals surface area contributed by atoms with Crippen LogP contribution in [0.25, 0.3) is 16.8 Å². The molecule has 5 heteroatoms. The summed E-state index contributed by atoms with van der Waals surface area (Å²) >= 11 is 0. The first kappa shape index (κ1) is 17.5. The number of amides is 2. The number of benzene rings is 3. The van der Waals surface area contributed by atoms with Crippen molar-refractivity contribution in [2.24, 2.45) is 0 Å². The van der Waals surface area contributed by atoms with Gasteiger partial charge in [-0.15, -0.1) is 0 Å². The van der Waals surface area contributed by atoms with Crippen LogP contribution < -0.4 is 10.6 Å². The van der Waals surface area contributed by atoms with Gasteiger partial charge in [-0.25, -0.2) is 9.48 Å². The number of urea groups is 1. The molecule has 3 aromatic carbocycles. The summed E-state index contributed by atoms with van der Waals surface area (Å²) in [5, 5.41) is 10.6. The first-order valence-corrected chi connectivity index (χ1v) is 9.06. The molecule has 4 rings (SSSR count). The summed E-state index contributed by atoms with van der Waals surface area (Å²) < 4.78 is 1.77. The largest absolute Gasteiger partial charge is 0.324 e. The third kappa shape index (κ3) is 3.64. The van der Waals surface area contributed by atoms with E-state index in [0.717, 1.165) is 28.2 Å². The second kappa shape index (κ2) is 7.80. The molecule has 0 aliphatic carbocycles. The lowest BCUT2D eigenvalue weighted by Crippen LogP contribution is -2.21. The molecular weight excluding hydrogens is 348 g/mol. The summed E-state index contributed by atoms with van der Waals surface area (Å²) in [6, 6.07) is 28.7. The first-order valence-electron chi connectivity index (χ1n) is 9.06. The van der Waals surface area contributed by atoms with E-state index in [9.17, 15) is 4.79 Å². The molecule has 0 atom stereocenters. The summed E-state index contributed by atoms with van der Waals surface area (Å²) in [5.74, 6) is 0.628. The zero-order valence-corrected chi connectivity index (χ0v) is 15.5. The van der Waals surface area contributed by atoms with Crippen molar-refractivity contribution in [1.29, 1.82) is 0 Å². The van der Waals surface area contributed by atoms with Crippen molar-refractivity contribution in [1.82, 2.24) is 9.78 Å². The van der Waals surface area contributed by atoms with Crippen LogP contribution in [0.2, 0.25) is 0 Å². The Labute approximate surface area is 163 Å². The molecule has 0 bridgehead atoms. The number of aromatic nitrogens is 2. The first-order chi connectivity index (χ1) is 13.7. The molecule has 2 amide bonds. The van der Waals surface area contributed by atoms with Crippen molar-refractivity contribution < 1.29 is 4.79 Å². The van der Waals surface area contributed by atoms with E-state index in [-0.39, 0.29) is 6.03 Å². The highest BCUT2D eigenvalue weighted by Crippen LogP contribution is 2.33. The van der Waals surface area contributed by atoms with E-state index in [1.807, 2.05) is 97.9 Å². The molecule has 1 aromatic heterocycles. The standard InChI is InChI=1S/C23H20N4O/c1-17-21(18-11-5-2-6-12-18)22(27(26-17)20-15-9-4-10-16-20)25-23(28)24-19-13-7-3-8-14-19/h2-16H,1H3,(H2,24,25,28). The number of aryl methyl sites for hydroxylation is 1. The topological polar surface area (TPSA) is 59.0 Å². The van der Waals surface area contributed by atoms with Gasteiger partial charge < -0.3 is 5.32 Å². The predicted octanol–water partition coefficient (Wildman–Crippen LogP) is 5.49. The SMILES string of the molecule is Cc1nn(-c2ccccc2)c(NC(=O)Nc2ccccc2)c1-c1ccccc1. The molecule has 0 spiro atoms. The van der Waals surface area contributed by atoms with Crippen LogP contribution in [0.3, 0.4) is 0 Å². The number of hydrogen-bond acceptors (Lipinski definition) is 2. The summed E-state index contributed by atoms with van der Waals surface area (Å²) in [6.07, 6.45) is 0. The molecular formula is C23H20N4O. The maximum absolute atomic E-state index is 12.7. The van der Waals surface area contributed by atoms with Gasteiger partial charge in [-0.3, -0.25) is 5.32 Å². The fourth-order valence-electron chi connectivity index (χ4n) is 3.14. The minimum absolute atomic E-state index is 0.319. The summed E-state index contributed by atoms with van der Waals surface area (Å²) in [7, 11) is 0. The van der Waals surface area contributed by atoms with Gasteiger partial charge in [0.25, 0.3) is 0 Å². The van der Waals surface area contributed by atoms with Gasteiger partial charge in [-0.05, 0) is 36.8 Å². The number of nitrogens with zero attached hydrogens (tertiary/aromatic N) is 2. The predicted molar refractivity (Wildman–Crippen MR) is 113 cm³/mol. The molecule has 0 saturated heterocycles. The Hall–Kier alpha value is -3.86. The van der Waals surface area contributed by atoms with Crippen LogP contribution in [0.5, 0.6) is 0 Å². The highest BCUT2D eigenvalue weighted by molar-refractivity contribution is 6.02. The average Bonchev–Trinajstić information content (AvgIpc) is 3.05. The van der Waals surface area contributed by atoms with Gasteiger partial charge in [0.1, 0.15) is 5.82 Å². The van der Waals surface area contributed by atoms with E-state index in [0.29, 0.717) is 5.82 Å². The quantitative estimate of drug-likeness (QED) is 0.500. The number of carbonyl (C=O) groups is 1. The third-order valence-corrected chi connectivity index (χ3v) is 4.39. The number of rotatable bonds is 4. The molecule has 138 valence electrons. The maximum atomic E-state index is 12.7. The van der Waals surface area contributed by atoms with Crippen LogP contribution >= 0.6 is 0 Å². The molecule has 28 heavy (non-hydrogen) atoms. The van der Waals surface area contributed by atoms with Crippen molar-refractivity contribution in [2.45, 2.75) is 6.92 Å². The second-order valence-electron chi connectivity index (χ2n) is 6.37. The highest BCUT2D eigenvalue weighted by Gasteiger charge is 2.20. The average molecular weight is 368 g/mol. The zero-order chi connectivity index (χ0) is 19.3. The lowest BCUT2D eigenvalue weighted by molar-refractivity contribution is 0.262. The van der Waals surface area contributed by atoms with Crippen molar-refractivity contribution >= 4 is 17.5 Å². The van der Waals surface area contributed by atoms with Gasteiger partial charge in [0.15, 0.2) is 0 Å². The van der Waals surface area contributed by atoms with Gasteiger partial charge in [0.05, 0.1) is 11.4 Å². The second-order valence-corrected chi connectivity index (χ2v) is 6.37. The summed E-state index contributed by atoms with van der Waals surface area (Å²) in [5.41, 5.74) is 4.33. The van der Waals surface area contributed by atoms with Crippen molar-refractivity contribution in [3.63, 3.8) is 0 Å². The van der Waals surface area contributed by atoms with Crippen molar-refractivity contribution in [2.75, 3.05) is 10.6 Å². The van der Waals surface area contributed by atoms with Gasteiger partial charge >= 0.3 is 6.03 Å². The number of hydrogen-bond donors (Lipinski definition) is 2. The van der Waals surface area contributed by atoms with E-state index in [1.165, 1.54) is 0 Å².